The van der Waals surface area contributed by atoms with Gasteiger partial charge in [-0.2, -0.15) is 0 Å². The van der Waals surface area contributed by atoms with Crippen molar-refractivity contribution in [3.8, 4) is 5.75 Å². The number of nitrogens with one attached hydrogen (secondary N) is 1. The maximum absolute atomic E-state index is 12.6. The smallest absolute Gasteiger partial charge is 0.261 e. The fourth-order valence-corrected chi connectivity index (χ4v) is 3.46. The van der Waals surface area contributed by atoms with Gasteiger partial charge in [-0.3, -0.25) is 4.79 Å². The van der Waals surface area contributed by atoms with Crippen molar-refractivity contribution >= 4 is 17.5 Å². The molecule has 3 rings (SSSR count). The molecule has 3 nitrogen and oxygen atoms in total. The first kappa shape index (κ1) is 17.8. The van der Waals surface area contributed by atoms with E-state index in [1.54, 1.807) is 12.1 Å². The highest BCUT2D eigenvalue weighted by molar-refractivity contribution is 6.30. The van der Waals surface area contributed by atoms with Crippen LogP contribution in [0.3, 0.4) is 0 Å². The summed E-state index contributed by atoms with van der Waals surface area (Å²) in [5.74, 6) is 0.509. The monoisotopic (exact) mass is 357 g/mol. The van der Waals surface area contributed by atoms with Gasteiger partial charge in [0.2, 0.25) is 0 Å². The van der Waals surface area contributed by atoms with E-state index >= 15 is 0 Å². The molecule has 0 spiro atoms. The van der Waals surface area contributed by atoms with Crippen molar-refractivity contribution in [1.82, 2.24) is 5.32 Å². The quantitative estimate of drug-likeness (QED) is 0.801. The number of hydrogen-bond acceptors (Lipinski definition) is 2. The van der Waals surface area contributed by atoms with Gasteiger partial charge < -0.3 is 10.1 Å². The number of benzene rings is 2. The zero-order valence-corrected chi connectivity index (χ0v) is 15.5. The molecule has 1 aliphatic carbocycles. The van der Waals surface area contributed by atoms with Gasteiger partial charge in [0.1, 0.15) is 5.75 Å². The first-order valence-electron chi connectivity index (χ1n) is 8.91. The van der Waals surface area contributed by atoms with Crippen LogP contribution < -0.4 is 10.1 Å². The first-order valence-corrected chi connectivity index (χ1v) is 9.29. The number of hydrogen-bond donors (Lipinski definition) is 1. The summed E-state index contributed by atoms with van der Waals surface area (Å²) < 4.78 is 5.82. The lowest BCUT2D eigenvalue weighted by atomic mass is 10.0. The van der Waals surface area contributed by atoms with Gasteiger partial charge in [-0.15, -0.1) is 0 Å². The lowest BCUT2D eigenvalue weighted by molar-refractivity contribution is -0.128. The Labute approximate surface area is 154 Å². The molecule has 132 valence electrons. The molecule has 0 aliphatic heterocycles. The van der Waals surface area contributed by atoms with Crippen molar-refractivity contribution in [3.05, 3.63) is 64.2 Å². The van der Waals surface area contributed by atoms with Gasteiger partial charge in [-0.1, -0.05) is 42.8 Å². The minimum atomic E-state index is -0.532. The van der Waals surface area contributed by atoms with E-state index in [0.717, 1.165) is 12.0 Å². The van der Waals surface area contributed by atoms with Gasteiger partial charge in [0.25, 0.3) is 5.91 Å². The number of fused-ring (bicyclic) bond motifs is 1. The second kappa shape index (κ2) is 7.92. The molecule has 0 saturated heterocycles. The number of aryl methyl sites for hydroxylation is 2. The molecule has 0 radical (unpaired) electrons. The minimum absolute atomic E-state index is 0.0459. The summed E-state index contributed by atoms with van der Waals surface area (Å²) in [6.45, 7) is 3.95. The van der Waals surface area contributed by atoms with Crippen LogP contribution in [-0.2, 0) is 17.6 Å². The molecule has 2 aromatic rings. The molecule has 0 aromatic heterocycles. The van der Waals surface area contributed by atoms with Crippen molar-refractivity contribution in [1.29, 1.82) is 0 Å². The van der Waals surface area contributed by atoms with E-state index in [0.29, 0.717) is 17.2 Å². The summed E-state index contributed by atoms with van der Waals surface area (Å²) in [6.07, 6.45) is 3.59. The largest absolute Gasteiger partial charge is 0.481 e. The van der Waals surface area contributed by atoms with Crippen molar-refractivity contribution in [2.45, 2.75) is 51.7 Å². The fraction of sp³-hybridized carbons (Fsp3) is 0.381. The Kier molecular flexibility index (Phi) is 5.64. The molecule has 0 fully saturated rings. The number of carbonyl (C=O) groups excluding carboxylic acids is 1. The van der Waals surface area contributed by atoms with Crippen molar-refractivity contribution in [2.75, 3.05) is 0 Å². The molecule has 4 heteroatoms. The summed E-state index contributed by atoms with van der Waals surface area (Å²) >= 11 is 5.98. The molecule has 2 unspecified atom stereocenters. The third-order valence-corrected chi connectivity index (χ3v) is 4.95. The van der Waals surface area contributed by atoms with Crippen LogP contribution in [0, 0.1) is 0 Å². The van der Waals surface area contributed by atoms with Crippen LogP contribution in [0.15, 0.2) is 42.5 Å². The van der Waals surface area contributed by atoms with E-state index in [1.807, 2.05) is 26.0 Å². The summed E-state index contributed by atoms with van der Waals surface area (Å²) in [6, 6.07) is 13.6. The average molecular weight is 358 g/mol. The lowest BCUT2D eigenvalue weighted by Crippen LogP contribution is -2.39. The van der Waals surface area contributed by atoms with Crippen LogP contribution in [-0.4, -0.2) is 12.0 Å². The van der Waals surface area contributed by atoms with Crippen molar-refractivity contribution in [3.63, 3.8) is 0 Å². The highest BCUT2D eigenvalue weighted by Gasteiger charge is 2.21. The zero-order valence-electron chi connectivity index (χ0n) is 14.7. The standard InChI is InChI=1S/C21H24ClNO2/c1-3-20(25-19-9-5-8-18(22)13-19)21(24)23-14(2)16-11-10-15-6-4-7-17(15)12-16/h5,8-14,20H,3-4,6-7H2,1-2H3,(H,23,24). The molecule has 1 amide bonds. The van der Waals surface area contributed by atoms with Crippen LogP contribution in [0.2, 0.25) is 5.02 Å². The summed E-state index contributed by atoms with van der Waals surface area (Å²) in [5.41, 5.74) is 4.01. The van der Waals surface area contributed by atoms with Gasteiger partial charge in [0.15, 0.2) is 6.10 Å². The lowest BCUT2D eigenvalue weighted by Gasteiger charge is -2.21. The second-order valence-corrected chi connectivity index (χ2v) is 7.02. The van der Waals surface area contributed by atoms with Crippen LogP contribution >= 0.6 is 11.6 Å². The third-order valence-electron chi connectivity index (χ3n) is 4.72. The number of rotatable bonds is 6. The van der Waals surface area contributed by atoms with Crippen LogP contribution in [0.25, 0.3) is 0 Å². The maximum atomic E-state index is 12.6. The molecule has 2 atom stereocenters. The second-order valence-electron chi connectivity index (χ2n) is 6.58. The highest BCUT2D eigenvalue weighted by Crippen LogP contribution is 2.25. The summed E-state index contributed by atoms with van der Waals surface area (Å²) in [5, 5.41) is 3.67. The SMILES string of the molecule is CCC(Oc1cccc(Cl)c1)C(=O)NC(C)c1ccc2c(c1)CCC2. The number of amides is 1. The number of carbonyl (C=O) groups is 1. The summed E-state index contributed by atoms with van der Waals surface area (Å²) in [7, 11) is 0. The molecule has 0 heterocycles. The minimum Gasteiger partial charge on any atom is -0.481 e. The van der Waals surface area contributed by atoms with E-state index in [4.69, 9.17) is 16.3 Å². The van der Waals surface area contributed by atoms with E-state index < -0.39 is 6.10 Å². The molecule has 25 heavy (non-hydrogen) atoms. The molecule has 0 bridgehead atoms. The van der Waals surface area contributed by atoms with Gasteiger partial charge in [-0.25, -0.2) is 0 Å². The summed E-state index contributed by atoms with van der Waals surface area (Å²) in [4.78, 5) is 12.6. The Balaban J connectivity index is 1.65. The Morgan fingerprint density at radius 3 is 2.76 bits per heavy atom. The number of ether oxygens (including phenoxy) is 1. The van der Waals surface area contributed by atoms with Crippen molar-refractivity contribution in [2.24, 2.45) is 0 Å². The Morgan fingerprint density at radius 2 is 2.00 bits per heavy atom. The molecule has 1 N–H and O–H groups in total. The molecular formula is C21H24ClNO2. The van der Waals surface area contributed by atoms with Gasteiger partial charge in [0, 0.05) is 5.02 Å². The van der Waals surface area contributed by atoms with Gasteiger partial charge in [0.05, 0.1) is 6.04 Å². The number of halogens is 1. The molecular weight excluding hydrogens is 334 g/mol. The third kappa shape index (κ3) is 4.35. The Hall–Kier alpha value is -2.00. The predicted octanol–water partition coefficient (Wildman–Crippen LogP) is 4.86. The predicted molar refractivity (Wildman–Crippen MR) is 101 cm³/mol. The van der Waals surface area contributed by atoms with E-state index in [2.05, 4.69) is 23.5 Å². The average Bonchev–Trinajstić information content (AvgIpc) is 3.07. The van der Waals surface area contributed by atoms with Crippen LogP contribution in [0.4, 0.5) is 0 Å². The highest BCUT2D eigenvalue weighted by atomic mass is 35.5. The van der Waals surface area contributed by atoms with Crippen LogP contribution in [0.5, 0.6) is 5.75 Å². The topological polar surface area (TPSA) is 38.3 Å². The first-order chi connectivity index (χ1) is 12.1. The Morgan fingerprint density at radius 1 is 1.20 bits per heavy atom. The zero-order chi connectivity index (χ0) is 17.8. The van der Waals surface area contributed by atoms with Gasteiger partial charge >= 0.3 is 0 Å². The van der Waals surface area contributed by atoms with Crippen molar-refractivity contribution < 1.29 is 9.53 Å². The molecule has 0 saturated carbocycles. The van der Waals surface area contributed by atoms with E-state index in [9.17, 15) is 4.79 Å². The molecule has 2 aromatic carbocycles. The van der Waals surface area contributed by atoms with E-state index in [1.165, 1.54) is 24.0 Å². The van der Waals surface area contributed by atoms with Gasteiger partial charge in [-0.05, 0) is 67.5 Å². The van der Waals surface area contributed by atoms with Crippen LogP contribution in [0.1, 0.15) is 49.4 Å². The van der Waals surface area contributed by atoms with E-state index in [-0.39, 0.29) is 11.9 Å². The Bertz CT molecular complexity index is 759. The fourth-order valence-electron chi connectivity index (χ4n) is 3.28. The normalized spacial score (nSPS) is 15.3. The molecule has 1 aliphatic rings. The maximum Gasteiger partial charge on any atom is 0.261 e.